The van der Waals surface area contributed by atoms with Gasteiger partial charge in [0.1, 0.15) is 18.2 Å². The Morgan fingerprint density at radius 2 is 1.51 bits per heavy atom. The van der Waals surface area contributed by atoms with Crippen LogP contribution in [0.25, 0.3) is 11.1 Å². The molecule has 0 spiro atoms. The Labute approximate surface area is 217 Å². The molecular formula is C29H36N2O6. The number of carbonyl (C=O) groups excluding carboxylic acids is 2. The van der Waals surface area contributed by atoms with Gasteiger partial charge in [0.15, 0.2) is 0 Å². The van der Waals surface area contributed by atoms with Crippen molar-refractivity contribution in [2.24, 2.45) is 0 Å². The predicted molar refractivity (Wildman–Crippen MR) is 139 cm³/mol. The third kappa shape index (κ3) is 6.06. The molecule has 0 aliphatic heterocycles. The molecule has 1 atom stereocenters. The van der Waals surface area contributed by atoms with E-state index in [1.54, 1.807) is 0 Å². The number of carbonyl (C=O) groups is 3. The van der Waals surface area contributed by atoms with E-state index < -0.39 is 29.8 Å². The highest BCUT2D eigenvalue weighted by atomic mass is 16.6. The van der Waals surface area contributed by atoms with Crippen LogP contribution in [0.4, 0.5) is 9.59 Å². The van der Waals surface area contributed by atoms with E-state index in [4.69, 9.17) is 9.47 Å². The van der Waals surface area contributed by atoms with Crippen molar-refractivity contribution >= 4 is 18.2 Å². The fraction of sp³-hybridized carbons (Fsp3) is 0.483. The lowest BCUT2D eigenvalue weighted by molar-refractivity contribution is -0.143. The standard InChI is InChI=1S/C29H36N2O6/c1-18(26(32)33)31(20-15-13-19(14-16-20)30-27(34)37-29(2,3)4)28(35)36-17-25-23-11-7-5-9-21(23)22-10-6-8-12-24(22)25/h5-12,18-20,25H,13-17H2,1-4H3,(H,30,34)(H,32,33). The maximum atomic E-state index is 13.3. The van der Waals surface area contributed by atoms with Gasteiger partial charge in [0, 0.05) is 18.0 Å². The van der Waals surface area contributed by atoms with Crippen LogP contribution in [0.5, 0.6) is 0 Å². The summed E-state index contributed by atoms with van der Waals surface area (Å²) in [5.74, 6) is -1.19. The SMILES string of the molecule is CC(C(=O)O)N(C(=O)OCC1c2ccccc2-c2ccccc21)C1CCC(NC(=O)OC(C)(C)C)CC1. The minimum Gasteiger partial charge on any atom is -0.480 e. The van der Waals surface area contributed by atoms with E-state index in [2.05, 4.69) is 17.4 Å². The van der Waals surface area contributed by atoms with Crippen molar-refractivity contribution in [3.63, 3.8) is 0 Å². The average molecular weight is 509 g/mol. The molecule has 0 radical (unpaired) electrons. The normalized spacial score (nSPS) is 19.8. The quantitative estimate of drug-likeness (QED) is 0.530. The van der Waals surface area contributed by atoms with Gasteiger partial charge in [-0.25, -0.2) is 14.4 Å². The Morgan fingerprint density at radius 1 is 0.973 bits per heavy atom. The summed E-state index contributed by atoms with van der Waals surface area (Å²) in [7, 11) is 0. The number of fused-ring (bicyclic) bond motifs is 3. The van der Waals surface area contributed by atoms with E-state index in [-0.39, 0.29) is 24.6 Å². The van der Waals surface area contributed by atoms with E-state index >= 15 is 0 Å². The zero-order valence-corrected chi connectivity index (χ0v) is 21.9. The predicted octanol–water partition coefficient (Wildman–Crippen LogP) is 5.55. The number of hydrogen-bond acceptors (Lipinski definition) is 5. The molecule has 0 saturated heterocycles. The van der Waals surface area contributed by atoms with Crippen molar-refractivity contribution in [2.45, 2.75) is 83.0 Å². The molecular weight excluding hydrogens is 472 g/mol. The number of amides is 2. The lowest BCUT2D eigenvalue weighted by atomic mass is 9.89. The molecule has 37 heavy (non-hydrogen) atoms. The van der Waals surface area contributed by atoms with E-state index in [9.17, 15) is 19.5 Å². The smallest absolute Gasteiger partial charge is 0.410 e. The first kappa shape index (κ1) is 26.5. The van der Waals surface area contributed by atoms with Gasteiger partial charge >= 0.3 is 18.2 Å². The van der Waals surface area contributed by atoms with Gasteiger partial charge in [-0.15, -0.1) is 0 Å². The summed E-state index contributed by atoms with van der Waals surface area (Å²) < 4.78 is 11.1. The number of ether oxygens (including phenoxy) is 2. The first-order valence-electron chi connectivity index (χ1n) is 12.9. The lowest BCUT2D eigenvalue weighted by Crippen LogP contribution is -2.52. The maximum absolute atomic E-state index is 13.3. The molecule has 1 fully saturated rings. The zero-order chi connectivity index (χ0) is 26.7. The Hall–Kier alpha value is -3.55. The fourth-order valence-electron chi connectivity index (χ4n) is 5.38. The topological polar surface area (TPSA) is 105 Å². The minimum absolute atomic E-state index is 0.0874. The average Bonchev–Trinajstić information content (AvgIpc) is 3.16. The molecule has 8 nitrogen and oxygen atoms in total. The van der Waals surface area contributed by atoms with Crippen LogP contribution in [0.3, 0.4) is 0 Å². The summed E-state index contributed by atoms with van der Waals surface area (Å²) in [5, 5.41) is 12.6. The van der Waals surface area contributed by atoms with Crippen molar-refractivity contribution in [3.8, 4) is 11.1 Å². The van der Waals surface area contributed by atoms with Crippen LogP contribution in [0.1, 0.15) is 70.4 Å². The highest BCUT2D eigenvalue weighted by molar-refractivity contribution is 5.81. The summed E-state index contributed by atoms with van der Waals surface area (Å²) in [5.41, 5.74) is 3.88. The van der Waals surface area contributed by atoms with Crippen LogP contribution < -0.4 is 5.32 Å². The number of nitrogens with one attached hydrogen (secondary N) is 1. The molecule has 1 unspecified atom stereocenters. The van der Waals surface area contributed by atoms with Gasteiger partial charge in [-0.3, -0.25) is 4.90 Å². The van der Waals surface area contributed by atoms with Crippen LogP contribution in [0.15, 0.2) is 48.5 Å². The highest BCUT2D eigenvalue weighted by Crippen LogP contribution is 2.44. The molecule has 0 heterocycles. The van der Waals surface area contributed by atoms with Gasteiger partial charge in [0.25, 0.3) is 0 Å². The van der Waals surface area contributed by atoms with Crippen LogP contribution in [-0.2, 0) is 14.3 Å². The molecule has 1 saturated carbocycles. The van der Waals surface area contributed by atoms with E-state index in [0.29, 0.717) is 25.7 Å². The van der Waals surface area contributed by atoms with Crippen LogP contribution >= 0.6 is 0 Å². The Morgan fingerprint density at radius 3 is 2.03 bits per heavy atom. The van der Waals surface area contributed by atoms with Crippen molar-refractivity contribution in [1.82, 2.24) is 10.2 Å². The first-order chi connectivity index (χ1) is 17.5. The summed E-state index contributed by atoms with van der Waals surface area (Å²) in [6.07, 6.45) is 1.25. The van der Waals surface area contributed by atoms with Crippen molar-refractivity contribution in [3.05, 3.63) is 59.7 Å². The van der Waals surface area contributed by atoms with Gasteiger partial charge in [0.2, 0.25) is 0 Å². The molecule has 4 rings (SSSR count). The molecule has 2 N–H and O–H groups in total. The van der Waals surface area contributed by atoms with E-state index in [1.807, 2.05) is 57.2 Å². The van der Waals surface area contributed by atoms with E-state index in [1.165, 1.54) is 11.8 Å². The molecule has 198 valence electrons. The number of carboxylic acid groups (broad SMARTS) is 1. The summed E-state index contributed by atoms with van der Waals surface area (Å²) in [6, 6.07) is 14.8. The van der Waals surface area contributed by atoms with Crippen LogP contribution in [0, 0.1) is 0 Å². The lowest BCUT2D eigenvalue weighted by Gasteiger charge is -2.38. The summed E-state index contributed by atoms with van der Waals surface area (Å²) in [6.45, 7) is 7.06. The molecule has 2 aliphatic rings. The summed E-state index contributed by atoms with van der Waals surface area (Å²) in [4.78, 5) is 38.7. The van der Waals surface area contributed by atoms with Crippen molar-refractivity contribution in [2.75, 3.05) is 6.61 Å². The molecule has 2 aromatic rings. The molecule has 8 heteroatoms. The first-order valence-corrected chi connectivity index (χ1v) is 12.9. The second kappa shape index (κ2) is 10.8. The third-order valence-corrected chi connectivity index (χ3v) is 7.13. The largest absolute Gasteiger partial charge is 0.480 e. The number of aliphatic carboxylic acids is 1. The number of benzene rings is 2. The molecule has 2 aliphatic carbocycles. The van der Waals surface area contributed by atoms with Crippen LogP contribution in [0.2, 0.25) is 0 Å². The Bertz CT molecular complexity index is 1100. The third-order valence-electron chi connectivity index (χ3n) is 7.13. The molecule has 2 amide bonds. The molecule has 2 aromatic carbocycles. The Kier molecular flexibility index (Phi) is 7.76. The van der Waals surface area contributed by atoms with Crippen molar-refractivity contribution in [1.29, 1.82) is 0 Å². The number of carboxylic acids is 1. The highest BCUT2D eigenvalue weighted by Gasteiger charge is 2.37. The van der Waals surface area contributed by atoms with E-state index in [0.717, 1.165) is 22.3 Å². The fourth-order valence-corrected chi connectivity index (χ4v) is 5.38. The maximum Gasteiger partial charge on any atom is 0.410 e. The second-order valence-electron chi connectivity index (χ2n) is 10.9. The van der Waals surface area contributed by atoms with Gasteiger partial charge < -0.3 is 19.9 Å². The van der Waals surface area contributed by atoms with Gasteiger partial charge in [0.05, 0.1) is 0 Å². The summed E-state index contributed by atoms with van der Waals surface area (Å²) >= 11 is 0. The number of hydrogen-bond donors (Lipinski definition) is 2. The second-order valence-corrected chi connectivity index (χ2v) is 10.9. The zero-order valence-electron chi connectivity index (χ0n) is 21.9. The Balaban J connectivity index is 1.42. The number of nitrogens with zero attached hydrogens (tertiary/aromatic N) is 1. The van der Waals surface area contributed by atoms with Gasteiger partial charge in [-0.2, -0.15) is 0 Å². The van der Waals surface area contributed by atoms with Gasteiger partial charge in [-0.05, 0) is 75.6 Å². The monoisotopic (exact) mass is 508 g/mol. The molecule has 0 aromatic heterocycles. The van der Waals surface area contributed by atoms with Gasteiger partial charge in [-0.1, -0.05) is 48.5 Å². The number of alkyl carbamates (subject to hydrolysis) is 1. The minimum atomic E-state index is -1.08. The van der Waals surface area contributed by atoms with Crippen molar-refractivity contribution < 1.29 is 29.0 Å². The molecule has 0 bridgehead atoms. The van der Waals surface area contributed by atoms with Crippen LogP contribution in [-0.4, -0.2) is 58.5 Å². The number of rotatable bonds is 6.